The Labute approximate surface area is 120 Å². The maximum absolute atomic E-state index is 12.4. The molecule has 0 radical (unpaired) electrons. The third kappa shape index (κ3) is 3.37. The summed E-state index contributed by atoms with van der Waals surface area (Å²) in [5.74, 6) is -0.235. The zero-order valence-corrected chi connectivity index (χ0v) is 13.0. The van der Waals surface area contributed by atoms with E-state index in [0.29, 0.717) is 18.5 Å². The predicted molar refractivity (Wildman–Crippen MR) is 80.3 cm³/mol. The summed E-state index contributed by atoms with van der Waals surface area (Å²) in [6.45, 7) is 4.03. The second-order valence-electron chi connectivity index (χ2n) is 4.91. The normalized spacial score (nSPS) is 12.2. The number of nitrogens with one attached hydrogen (secondary N) is 1. The van der Waals surface area contributed by atoms with Crippen LogP contribution in [0.25, 0.3) is 0 Å². The Kier molecular flexibility index (Phi) is 5.30. The molecule has 1 aromatic carbocycles. The highest BCUT2D eigenvalue weighted by molar-refractivity contribution is 7.90. The molecular weight excluding hydrogens is 276 g/mol. The largest absolute Gasteiger partial charge is 0.329 e. The number of carbonyl (C=O) groups excluding carboxylic acids is 1. The molecule has 1 rings (SSSR count). The van der Waals surface area contributed by atoms with E-state index in [0.717, 1.165) is 6.26 Å². The third-order valence-electron chi connectivity index (χ3n) is 3.76. The van der Waals surface area contributed by atoms with Crippen molar-refractivity contribution in [1.82, 2.24) is 0 Å². The third-order valence-corrected chi connectivity index (χ3v) is 4.92. The van der Waals surface area contributed by atoms with Crippen LogP contribution >= 0.6 is 0 Å². The number of anilines is 1. The summed E-state index contributed by atoms with van der Waals surface area (Å²) in [6, 6.07) is 6.38. The van der Waals surface area contributed by atoms with Gasteiger partial charge in [0.25, 0.3) is 0 Å². The Morgan fingerprint density at radius 2 is 1.80 bits per heavy atom. The van der Waals surface area contributed by atoms with Gasteiger partial charge >= 0.3 is 0 Å². The van der Waals surface area contributed by atoms with Crippen LogP contribution in [0.15, 0.2) is 29.2 Å². The summed E-state index contributed by atoms with van der Waals surface area (Å²) in [4.78, 5) is 12.5. The van der Waals surface area contributed by atoms with Crippen molar-refractivity contribution in [1.29, 1.82) is 0 Å². The van der Waals surface area contributed by atoms with Crippen molar-refractivity contribution < 1.29 is 13.2 Å². The van der Waals surface area contributed by atoms with Crippen molar-refractivity contribution in [2.75, 3.05) is 18.1 Å². The molecular formula is C14H22N2O3S. The molecule has 1 aromatic rings. The van der Waals surface area contributed by atoms with Gasteiger partial charge in [0.15, 0.2) is 9.84 Å². The maximum Gasteiger partial charge on any atom is 0.231 e. The van der Waals surface area contributed by atoms with Gasteiger partial charge in [-0.2, -0.15) is 0 Å². The van der Waals surface area contributed by atoms with Gasteiger partial charge in [-0.25, -0.2) is 8.42 Å². The molecule has 0 saturated carbocycles. The Morgan fingerprint density at radius 1 is 1.25 bits per heavy atom. The van der Waals surface area contributed by atoms with Gasteiger partial charge in [0.1, 0.15) is 0 Å². The Hall–Kier alpha value is -1.40. The monoisotopic (exact) mass is 298 g/mol. The zero-order valence-electron chi connectivity index (χ0n) is 12.1. The van der Waals surface area contributed by atoms with Crippen LogP contribution in [-0.4, -0.2) is 27.1 Å². The lowest BCUT2D eigenvalue weighted by Gasteiger charge is -2.28. The van der Waals surface area contributed by atoms with Crippen LogP contribution in [0.4, 0.5) is 5.69 Å². The highest BCUT2D eigenvalue weighted by Crippen LogP contribution is 2.28. The van der Waals surface area contributed by atoms with Gasteiger partial charge in [-0.3, -0.25) is 4.79 Å². The number of nitrogens with two attached hydrogens (primary N) is 1. The first kappa shape index (κ1) is 16.7. The van der Waals surface area contributed by atoms with Gasteiger partial charge in [-0.15, -0.1) is 0 Å². The lowest BCUT2D eigenvalue weighted by Crippen LogP contribution is -2.41. The summed E-state index contributed by atoms with van der Waals surface area (Å²) in [7, 11) is -3.39. The number of carbonyl (C=O) groups is 1. The summed E-state index contributed by atoms with van der Waals surface area (Å²) in [5.41, 5.74) is 5.37. The van der Waals surface area contributed by atoms with E-state index in [1.54, 1.807) is 18.2 Å². The molecule has 0 saturated heterocycles. The minimum atomic E-state index is -3.39. The van der Waals surface area contributed by atoms with Crippen LogP contribution in [0.1, 0.15) is 26.7 Å². The first-order valence-corrected chi connectivity index (χ1v) is 8.50. The van der Waals surface area contributed by atoms with Gasteiger partial charge < -0.3 is 11.1 Å². The SMILES string of the molecule is CCC(CC)(CN)C(=O)Nc1ccccc1S(C)(=O)=O. The minimum absolute atomic E-state index is 0.117. The van der Waals surface area contributed by atoms with Crippen molar-refractivity contribution in [2.45, 2.75) is 31.6 Å². The van der Waals surface area contributed by atoms with Gasteiger partial charge in [-0.1, -0.05) is 26.0 Å². The minimum Gasteiger partial charge on any atom is -0.329 e. The fourth-order valence-electron chi connectivity index (χ4n) is 2.10. The highest BCUT2D eigenvalue weighted by Gasteiger charge is 2.34. The van der Waals surface area contributed by atoms with E-state index in [9.17, 15) is 13.2 Å². The number of benzene rings is 1. The van der Waals surface area contributed by atoms with E-state index in [1.165, 1.54) is 6.07 Å². The van der Waals surface area contributed by atoms with Crippen LogP contribution < -0.4 is 11.1 Å². The number of hydrogen-bond acceptors (Lipinski definition) is 4. The molecule has 0 aromatic heterocycles. The molecule has 3 N–H and O–H groups in total. The first-order chi connectivity index (χ1) is 9.30. The molecule has 0 aliphatic heterocycles. The van der Waals surface area contributed by atoms with Gasteiger partial charge in [0.05, 0.1) is 16.0 Å². The van der Waals surface area contributed by atoms with E-state index in [4.69, 9.17) is 5.73 Å². The zero-order chi connectivity index (χ0) is 15.4. The predicted octanol–water partition coefficient (Wildman–Crippen LogP) is 1.79. The molecule has 0 unspecified atom stereocenters. The van der Waals surface area contributed by atoms with Crippen molar-refractivity contribution in [3.05, 3.63) is 24.3 Å². The molecule has 0 aliphatic rings. The van der Waals surface area contributed by atoms with Gasteiger partial charge in [0.2, 0.25) is 5.91 Å². The van der Waals surface area contributed by atoms with Crippen molar-refractivity contribution >= 4 is 21.4 Å². The molecule has 0 atom stereocenters. The van der Waals surface area contributed by atoms with Crippen molar-refractivity contribution in [2.24, 2.45) is 11.1 Å². The molecule has 5 nitrogen and oxygen atoms in total. The Morgan fingerprint density at radius 3 is 2.25 bits per heavy atom. The van der Waals surface area contributed by atoms with E-state index in [-0.39, 0.29) is 17.3 Å². The second-order valence-corrected chi connectivity index (χ2v) is 6.90. The smallest absolute Gasteiger partial charge is 0.231 e. The number of amides is 1. The number of para-hydroxylation sites is 1. The topological polar surface area (TPSA) is 89.3 Å². The van der Waals surface area contributed by atoms with Gasteiger partial charge in [0, 0.05) is 12.8 Å². The van der Waals surface area contributed by atoms with E-state index in [2.05, 4.69) is 5.32 Å². The summed E-state index contributed by atoms with van der Waals surface area (Å²) in [6.07, 6.45) is 2.33. The average molecular weight is 298 g/mol. The average Bonchev–Trinajstić information content (AvgIpc) is 2.41. The van der Waals surface area contributed by atoms with E-state index in [1.807, 2.05) is 13.8 Å². The van der Waals surface area contributed by atoms with Crippen molar-refractivity contribution in [3.63, 3.8) is 0 Å². The summed E-state index contributed by atoms with van der Waals surface area (Å²) < 4.78 is 23.4. The molecule has 20 heavy (non-hydrogen) atoms. The van der Waals surface area contributed by atoms with Crippen LogP contribution in [-0.2, 0) is 14.6 Å². The van der Waals surface area contributed by atoms with Crippen LogP contribution in [0, 0.1) is 5.41 Å². The second kappa shape index (κ2) is 6.37. The fourth-order valence-corrected chi connectivity index (χ4v) is 2.94. The van der Waals surface area contributed by atoms with Crippen molar-refractivity contribution in [3.8, 4) is 0 Å². The maximum atomic E-state index is 12.4. The van der Waals surface area contributed by atoms with E-state index >= 15 is 0 Å². The lowest BCUT2D eigenvalue weighted by atomic mass is 9.81. The Bertz CT molecular complexity index is 570. The first-order valence-electron chi connectivity index (χ1n) is 6.61. The lowest BCUT2D eigenvalue weighted by molar-refractivity contribution is -0.125. The summed E-state index contributed by atoms with van der Waals surface area (Å²) in [5, 5.41) is 2.71. The molecule has 6 heteroatoms. The quantitative estimate of drug-likeness (QED) is 0.838. The molecule has 0 fully saturated rings. The van der Waals surface area contributed by atoms with Crippen LogP contribution in [0.3, 0.4) is 0 Å². The number of rotatable bonds is 6. The molecule has 1 amide bonds. The number of sulfone groups is 1. The molecule has 112 valence electrons. The Balaban J connectivity index is 3.15. The fraction of sp³-hybridized carbons (Fsp3) is 0.500. The standard InChI is InChI=1S/C14H22N2O3S/c1-4-14(5-2,10-15)13(17)16-11-8-6-7-9-12(11)20(3,18)19/h6-9H,4-5,10,15H2,1-3H3,(H,16,17). The highest BCUT2D eigenvalue weighted by atomic mass is 32.2. The number of hydrogen-bond donors (Lipinski definition) is 2. The summed E-state index contributed by atoms with van der Waals surface area (Å²) >= 11 is 0. The van der Waals surface area contributed by atoms with Crippen LogP contribution in [0.2, 0.25) is 0 Å². The molecule has 0 heterocycles. The molecule has 0 bridgehead atoms. The van der Waals surface area contributed by atoms with Gasteiger partial charge in [-0.05, 0) is 25.0 Å². The molecule has 0 spiro atoms. The van der Waals surface area contributed by atoms with E-state index < -0.39 is 15.3 Å². The van der Waals surface area contributed by atoms with Crippen LogP contribution in [0.5, 0.6) is 0 Å². The molecule has 0 aliphatic carbocycles.